The lowest BCUT2D eigenvalue weighted by atomic mass is 9.72. The van der Waals surface area contributed by atoms with Crippen molar-refractivity contribution in [3.63, 3.8) is 0 Å². The Morgan fingerprint density at radius 1 is 1.15 bits per heavy atom. The Balaban J connectivity index is 1.80. The fourth-order valence-electron chi connectivity index (χ4n) is 4.23. The number of para-hydroxylation sites is 1. The number of carboxylic acid groups (broad SMARTS) is 1. The first-order valence-corrected chi connectivity index (χ1v) is 9.13. The number of hydrogen-bond donors (Lipinski definition) is 2. The molecule has 0 spiro atoms. The van der Waals surface area contributed by atoms with Gasteiger partial charge in [-0.1, -0.05) is 49.4 Å². The number of fused-ring (bicyclic) bond motifs is 2. The molecular weight excluding hydrogens is 340 g/mol. The molecule has 4 rings (SSSR count). The van der Waals surface area contributed by atoms with E-state index in [0.29, 0.717) is 24.0 Å². The van der Waals surface area contributed by atoms with Gasteiger partial charge in [-0.2, -0.15) is 0 Å². The highest BCUT2D eigenvalue weighted by Crippen LogP contribution is 2.41. The Bertz CT molecular complexity index is 1050. The number of amides is 1. The standard InChI is InChI=1S/C22H22N2O3/c1-14-11-12-22(21(26)27,18-9-5-3-7-15(14)18)23-20(25)17-13-24(2)19-10-6-4-8-16(17)19/h3-10,13-14H,11-12H2,1-2H3,(H,23,25)(H,26,27). The first-order valence-electron chi connectivity index (χ1n) is 9.13. The zero-order valence-corrected chi connectivity index (χ0v) is 15.4. The third-order valence-electron chi connectivity index (χ3n) is 5.74. The van der Waals surface area contributed by atoms with E-state index in [2.05, 4.69) is 12.2 Å². The summed E-state index contributed by atoms with van der Waals surface area (Å²) < 4.78 is 1.88. The molecule has 0 bridgehead atoms. The fourth-order valence-corrected chi connectivity index (χ4v) is 4.23. The molecule has 27 heavy (non-hydrogen) atoms. The normalized spacial score (nSPS) is 21.6. The number of hydrogen-bond acceptors (Lipinski definition) is 2. The van der Waals surface area contributed by atoms with Crippen LogP contribution < -0.4 is 5.32 Å². The molecule has 0 saturated carbocycles. The molecule has 1 aliphatic carbocycles. The minimum atomic E-state index is -1.41. The number of carboxylic acids is 1. The number of benzene rings is 2. The van der Waals surface area contributed by atoms with Crippen LogP contribution in [0.25, 0.3) is 10.9 Å². The second kappa shape index (κ2) is 6.27. The highest BCUT2D eigenvalue weighted by Gasteiger charge is 2.46. The summed E-state index contributed by atoms with van der Waals surface area (Å²) in [6.45, 7) is 2.09. The largest absolute Gasteiger partial charge is 0.479 e. The molecule has 5 nitrogen and oxygen atoms in total. The molecule has 1 heterocycles. The maximum Gasteiger partial charge on any atom is 0.334 e. The average Bonchev–Trinajstić information content (AvgIpc) is 3.01. The minimum Gasteiger partial charge on any atom is -0.479 e. The van der Waals surface area contributed by atoms with Gasteiger partial charge < -0.3 is 15.0 Å². The maximum absolute atomic E-state index is 13.2. The van der Waals surface area contributed by atoms with Gasteiger partial charge in [0, 0.05) is 24.1 Å². The Morgan fingerprint density at radius 2 is 1.85 bits per heavy atom. The molecule has 5 heteroatoms. The maximum atomic E-state index is 13.2. The fraction of sp³-hybridized carbons (Fsp3) is 0.273. The quantitative estimate of drug-likeness (QED) is 0.745. The zero-order valence-electron chi connectivity index (χ0n) is 15.4. The molecule has 2 N–H and O–H groups in total. The lowest BCUT2D eigenvalue weighted by molar-refractivity contribution is -0.145. The Morgan fingerprint density at radius 3 is 2.63 bits per heavy atom. The van der Waals surface area contributed by atoms with Crippen molar-refractivity contribution in [1.29, 1.82) is 0 Å². The molecule has 2 aromatic carbocycles. The van der Waals surface area contributed by atoms with Gasteiger partial charge in [0.1, 0.15) is 0 Å². The van der Waals surface area contributed by atoms with Gasteiger partial charge in [0.15, 0.2) is 5.54 Å². The van der Waals surface area contributed by atoms with Crippen LogP contribution in [0.5, 0.6) is 0 Å². The average molecular weight is 362 g/mol. The van der Waals surface area contributed by atoms with Crippen molar-refractivity contribution < 1.29 is 14.7 Å². The van der Waals surface area contributed by atoms with Crippen LogP contribution in [-0.2, 0) is 17.4 Å². The molecule has 2 unspecified atom stereocenters. The minimum absolute atomic E-state index is 0.267. The Kier molecular flexibility index (Phi) is 4.02. The monoisotopic (exact) mass is 362 g/mol. The Labute approximate surface area is 157 Å². The number of carbonyl (C=O) groups excluding carboxylic acids is 1. The SMILES string of the molecule is CC1CCC(NC(=O)c2cn(C)c3ccccc23)(C(=O)O)c2ccccc21. The summed E-state index contributed by atoms with van der Waals surface area (Å²) in [7, 11) is 1.88. The summed E-state index contributed by atoms with van der Waals surface area (Å²) in [6, 6.07) is 15.2. The highest BCUT2D eigenvalue weighted by molar-refractivity contribution is 6.08. The number of aryl methyl sites for hydroxylation is 1. The number of aliphatic carboxylic acids is 1. The number of aromatic nitrogens is 1. The molecule has 1 aromatic heterocycles. The third kappa shape index (κ3) is 2.62. The molecular formula is C22H22N2O3. The first-order chi connectivity index (χ1) is 12.9. The Hall–Kier alpha value is -3.08. The first kappa shape index (κ1) is 17.3. The number of nitrogens with zero attached hydrogens (tertiary/aromatic N) is 1. The summed E-state index contributed by atoms with van der Waals surface area (Å²) in [6.07, 6.45) is 2.84. The van der Waals surface area contributed by atoms with Crippen molar-refractivity contribution in [1.82, 2.24) is 9.88 Å². The van der Waals surface area contributed by atoms with Crippen molar-refractivity contribution in [3.05, 3.63) is 71.4 Å². The topological polar surface area (TPSA) is 71.3 Å². The van der Waals surface area contributed by atoms with Gasteiger partial charge in [0.05, 0.1) is 5.56 Å². The van der Waals surface area contributed by atoms with Gasteiger partial charge in [-0.3, -0.25) is 4.79 Å². The lowest BCUT2D eigenvalue weighted by Gasteiger charge is -2.38. The molecule has 1 amide bonds. The van der Waals surface area contributed by atoms with E-state index in [1.165, 1.54) is 0 Å². The van der Waals surface area contributed by atoms with Crippen LogP contribution in [0, 0.1) is 0 Å². The van der Waals surface area contributed by atoms with Crippen LogP contribution in [-0.4, -0.2) is 21.6 Å². The predicted octanol–water partition coefficient (Wildman–Crippen LogP) is 3.79. The summed E-state index contributed by atoms with van der Waals surface area (Å²) in [5, 5.41) is 13.8. The molecule has 0 fully saturated rings. The van der Waals surface area contributed by atoms with Crippen LogP contribution in [0.15, 0.2) is 54.7 Å². The number of nitrogens with one attached hydrogen (secondary N) is 1. The number of carbonyl (C=O) groups is 2. The van der Waals surface area contributed by atoms with E-state index < -0.39 is 11.5 Å². The van der Waals surface area contributed by atoms with Gasteiger partial charge >= 0.3 is 5.97 Å². The van der Waals surface area contributed by atoms with Crippen LogP contribution in [0.2, 0.25) is 0 Å². The molecule has 2 atom stereocenters. The third-order valence-corrected chi connectivity index (χ3v) is 5.74. The second-order valence-corrected chi connectivity index (χ2v) is 7.36. The molecule has 0 aliphatic heterocycles. The van der Waals surface area contributed by atoms with Gasteiger partial charge in [0.25, 0.3) is 5.91 Å². The smallest absolute Gasteiger partial charge is 0.334 e. The van der Waals surface area contributed by atoms with Gasteiger partial charge in [-0.15, -0.1) is 0 Å². The van der Waals surface area contributed by atoms with Crippen molar-refractivity contribution in [3.8, 4) is 0 Å². The summed E-state index contributed by atoms with van der Waals surface area (Å²) >= 11 is 0. The molecule has 3 aromatic rings. The van der Waals surface area contributed by atoms with Gasteiger partial charge in [0.2, 0.25) is 0 Å². The van der Waals surface area contributed by atoms with E-state index in [4.69, 9.17) is 0 Å². The molecule has 0 saturated heterocycles. The molecule has 0 radical (unpaired) electrons. The summed E-state index contributed by atoms with van der Waals surface area (Å²) in [4.78, 5) is 25.5. The van der Waals surface area contributed by atoms with E-state index in [1.807, 2.05) is 60.1 Å². The van der Waals surface area contributed by atoms with Gasteiger partial charge in [-0.05, 0) is 36.0 Å². The van der Waals surface area contributed by atoms with Crippen LogP contribution in [0.3, 0.4) is 0 Å². The highest BCUT2D eigenvalue weighted by atomic mass is 16.4. The van der Waals surface area contributed by atoms with Crippen LogP contribution in [0.4, 0.5) is 0 Å². The predicted molar refractivity (Wildman–Crippen MR) is 104 cm³/mol. The summed E-state index contributed by atoms with van der Waals surface area (Å²) in [5.41, 5.74) is 1.70. The van der Waals surface area contributed by atoms with E-state index in [9.17, 15) is 14.7 Å². The van der Waals surface area contributed by atoms with Crippen LogP contribution >= 0.6 is 0 Å². The van der Waals surface area contributed by atoms with Gasteiger partial charge in [-0.25, -0.2) is 4.79 Å². The van der Waals surface area contributed by atoms with Crippen molar-refractivity contribution >= 4 is 22.8 Å². The second-order valence-electron chi connectivity index (χ2n) is 7.36. The van der Waals surface area contributed by atoms with Crippen molar-refractivity contribution in [2.24, 2.45) is 7.05 Å². The van der Waals surface area contributed by atoms with Crippen molar-refractivity contribution in [2.75, 3.05) is 0 Å². The van der Waals surface area contributed by atoms with E-state index in [0.717, 1.165) is 16.5 Å². The van der Waals surface area contributed by atoms with Crippen molar-refractivity contribution in [2.45, 2.75) is 31.2 Å². The van der Waals surface area contributed by atoms with E-state index in [-0.39, 0.29) is 11.8 Å². The van der Waals surface area contributed by atoms with E-state index in [1.54, 1.807) is 6.20 Å². The number of rotatable bonds is 3. The molecule has 138 valence electrons. The van der Waals surface area contributed by atoms with Crippen LogP contribution in [0.1, 0.15) is 47.2 Å². The zero-order chi connectivity index (χ0) is 19.2. The summed E-state index contributed by atoms with van der Waals surface area (Å²) in [5.74, 6) is -1.11. The van der Waals surface area contributed by atoms with E-state index >= 15 is 0 Å². The molecule has 1 aliphatic rings. The lowest BCUT2D eigenvalue weighted by Crippen LogP contribution is -2.54.